The van der Waals surface area contributed by atoms with Crippen molar-refractivity contribution in [2.45, 2.75) is 39.9 Å². The summed E-state index contributed by atoms with van der Waals surface area (Å²) in [5.41, 5.74) is 0.318. The molecule has 0 aliphatic carbocycles. The van der Waals surface area contributed by atoms with Gasteiger partial charge in [-0.3, -0.25) is 4.79 Å². The molecule has 4 nitrogen and oxygen atoms in total. The van der Waals surface area contributed by atoms with Crippen LogP contribution < -0.4 is 0 Å². The Labute approximate surface area is 119 Å². The maximum Gasteiger partial charge on any atom is 0.335 e. The average molecular weight is 276 g/mol. The van der Waals surface area contributed by atoms with Gasteiger partial charge in [0, 0.05) is 6.92 Å². The number of carbonyl (C=O) groups excluding carboxylic acids is 2. The molecule has 20 heavy (non-hydrogen) atoms. The van der Waals surface area contributed by atoms with Gasteiger partial charge in [-0.05, 0) is 26.3 Å². The second-order valence-electron chi connectivity index (χ2n) is 5.37. The van der Waals surface area contributed by atoms with Crippen molar-refractivity contribution in [3.63, 3.8) is 0 Å². The van der Waals surface area contributed by atoms with E-state index in [9.17, 15) is 9.59 Å². The fraction of sp³-hybridized carbons (Fsp3) is 0.375. The summed E-state index contributed by atoms with van der Waals surface area (Å²) in [7, 11) is 0. The summed E-state index contributed by atoms with van der Waals surface area (Å²) < 4.78 is 10.5. The van der Waals surface area contributed by atoms with Crippen LogP contribution in [0.4, 0.5) is 0 Å². The molecule has 0 radical (unpaired) electrons. The molecule has 1 rings (SSSR count). The summed E-state index contributed by atoms with van der Waals surface area (Å²) >= 11 is 0. The summed E-state index contributed by atoms with van der Waals surface area (Å²) in [6.45, 7) is 6.86. The molecule has 0 aliphatic rings. The zero-order valence-electron chi connectivity index (χ0n) is 12.3. The van der Waals surface area contributed by atoms with Crippen LogP contribution >= 0.6 is 0 Å². The Morgan fingerprint density at radius 3 is 2.25 bits per heavy atom. The molecule has 0 fully saturated rings. The highest BCUT2D eigenvalue weighted by atomic mass is 16.6. The van der Waals surface area contributed by atoms with E-state index in [2.05, 4.69) is 0 Å². The number of esters is 1. The third-order valence-corrected chi connectivity index (χ3v) is 2.24. The van der Waals surface area contributed by atoms with E-state index in [4.69, 9.17) is 9.47 Å². The summed E-state index contributed by atoms with van der Waals surface area (Å²) in [5, 5.41) is 0. The molecule has 0 saturated heterocycles. The highest BCUT2D eigenvalue weighted by molar-refractivity contribution is 5.97. The van der Waals surface area contributed by atoms with Gasteiger partial charge in [0.15, 0.2) is 11.5 Å². The molecule has 0 aromatic heterocycles. The van der Waals surface area contributed by atoms with Crippen molar-refractivity contribution in [3.8, 4) is 0 Å². The summed E-state index contributed by atoms with van der Waals surface area (Å²) in [4.78, 5) is 23.1. The lowest BCUT2D eigenvalue weighted by Gasteiger charge is -2.18. The van der Waals surface area contributed by atoms with Crippen molar-refractivity contribution in [3.05, 3.63) is 47.7 Å². The number of benzene rings is 1. The summed E-state index contributed by atoms with van der Waals surface area (Å²) in [6, 6.07) is 9.41. The lowest BCUT2D eigenvalue weighted by molar-refractivity contribution is -0.149. The first-order valence-electron chi connectivity index (χ1n) is 6.40. The fourth-order valence-corrected chi connectivity index (χ4v) is 1.42. The molecule has 0 spiro atoms. The Kier molecular flexibility index (Phi) is 5.50. The third-order valence-electron chi connectivity index (χ3n) is 2.24. The van der Waals surface area contributed by atoms with Crippen LogP contribution in [0.5, 0.6) is 0 Å². The maximum atomic E-state index is 11.7. The monoisotopic (exact) mass is 276 g/mol. The topological polar surface area (TPSA) is 52.6 Å². The zero-order chi connectivity index (χ0) is 15.2. The van der Waals surface area contributed by atoms with Gasteiger partial charge in [-0.15, -0.1) is 0 Å². The predicted octanol–water partition coefficient (Wildman–Crippen LogP) is 3.02. The Morgan fingerprint density at radius 2 is 1.75 bits per heavy atom. The summed E-state index contributed by atoms with van der Waals surface area (Å²) in [5.74, 6) is -0.898. The SMILES string of the molecule is CC(=O)/C(=C/C(=O)OC(C)(C)C)OCc1ccccc1. The van der Waals surface area contributed by atoms with Gasteiger partial charge in [-0.1, -0.05) is 30.3 Å². The Morgan fingerprint density at radius 1 is 1.15 bits per heavy atom. The van der Waals surface area contributed by atoms with Crippen LogP contribution in [0.25, 0.3) is 0 Å². The molecule has 0 bridgehead atoms. The first-order valence-corrected chi connectivity index (χ1v) is 6.40. The quantitative estimate of drug-likeness (QED) is 0.471. The van der Waals surface area contributed by atoms with E-state index >= 15 is 0 Å². The Balaban J connectivity index is 2.69. The molecule has 1 aromatic carbocycles. The van der Waals surface area contributed by atoms with E-state index in [0.29, 0.717) is 0 Å². The van der Waals surface area contributed by atoms with Gasteiger partial charge in [0.05, 0.1) is 6.08 Å². The van der Waals surface area contributed by atoms with E-state index in [-0.39, 0.29) is 18.1 Å². The molecule has 4 heteroatoms. The number of rotatable bonds is 5. The highest BCUT2D eigenvalue weighted by Gasteiger charge is 2.17. The van der Waals surface area contributed by atoms with Gasteiger partial charge < -0.3 is 9.47 Å². The van der Waals surface area contributed by atoms with Crippen molar-refractivity contribution in [1.82, 2.24) is 0 Å². The van der Waals surface area contributed by atoms with Crippen molar-refractivity contribution >= 4 is 11.8 Å². The molecule has 108 valence electrons. The van der Waals surface area contributed by atoms with E-state index in [1.54, 1.807) is 20.8 Å². The van der Waals surface area contributed by atoms with Crippen LogP contribution in [0.2, 0.25) is 0 Å². The summed E-state index contributed by atoms with van der Waals surface area (Å²) in [6.07, 6.45) is 1.09. The Hall–Kier alpha value is -2.10. The molecular weight excluding hydrogens is 256 g/mol. The highest BCUT2D eigenvalue weighted by Crippen LogP contribution is 2.11. The van der Waals surface area contributed by atoms with Gasteiger partial charge in [-0.25, -0.2) is 4.79 Å². The standard InChI is InChI=1S/C16H20O4/c1-12(17)14(10-15(18)20-16(2,3)4)19-11-13-8-6-5-7-9-13/h5-10H,11H2,1-4H3/b14-10-. The maximum absolute atomic E-state index is 11.7. The van der Waals surface area contributed by atoms with Crippen LogP contribution in [-0.2, 0) is 25.7 Å². The minimum absolute atomic E-state index is 0.00287. The first-order chi connectivity index (χ1) is 9.28. The van der Waals surface area contributed by atoms with Gasteiger partial charge >= 0.3 is 5.97 Å². The van der Waals surface area contributed by atoms with Crippen LogP contribution in [-0.4, -0.2) is 17.4 Å². The van der Waals surface area contributed by atoms with E-state index in [1.807, 2.05) is 30.3 Å². The predicted molar refractivity (Wildman–Crippen MR) is 75.8 cm³/mol. The molecule has 0 aliphatic heterocycles. The number of allylic oxidation sites excluding steroid dienone is 1. The van der Waals surface area contributed by atoms with Crippen LogP contribution in [0.15, 0.2) is 42.2 Å². The number of carbonyl (C=O) groups is 2. The number of ether oxygens (including phenoxy) is 2. The molecule has 0 heterocycles. The second kappa shape index (κ2) is 6.89. The normalized spacial score (nSPS) is 11.9. The van der Waals surface area contributed by atoms with E-state index < -0.39 is 11.6 Å². The van der Waals surface area contributed by atoms with Crippen LogP contribution in [0, 0.1) is 0 Å². The molecule has 1 aromatic rings. The lowest BCUT2D eigenvalue weighted by atomic mass is 10.2. The van der Waals surface area contributed by atoms with Gasteiger partial charge in [-0.2, -0.15) is 0 Å². The minimum Gasteiger partial charge on any atom is -0.485 e. The molecular formula is C16H20O4. The third kappa shape index (κ3) is 6.18. The molecule has 0 unspecified atom stereocenters. The average Bonchev–Trinajstić information content (AvgIpc) is 2.33. The van der Waals surface area contributed by atoms with Crippen molar-refractivity contribution in [2.75, 3.05) is 0 Å². The van der Waals surface area contributed by atoms with Crippen LogP contribution in [0.1, 0.15) is 33.3 Å². The van der Waals surface area contributed by atoms with Crippen molar-refractivity contribution in [1.29, 1.82) is 0 Å². The van der Waals surface area contributed by atoms with Gasteiger partial charge in [0.25, 0.3) is 0 Å². The number of hydrogen-bond donors (Lipinski definition) is 0. The number of Topliss-reactive ketones (excluding diaryl/α,β-unsaturated/α-hetero) is 1. The smallest absolute Gasteiger partial charge is 0.335 e. The Bertz CT molecular complexity index is 495. The fourth-order valence-electron chi connectivity index (χ4n) is 1.42. The lowest BCUT2D eigenvalue weighted by Crippen LogP contribution is -2.23. The van der Waals surface area contributed by atoms with E-state index in [1.165, 1.54) is 6.92 Å². The first kappa shape index (κ1) is 16.0. The van der Waals surface area contributed by atoms with Crippen LogP contribution in [0.3, 0.4) is 0 Å². The van der Waals surface area contributed by atoms with E-state index in [0.717, 1.165) is 11.6 Å². The number of hydrogen-bond acceptors (Lipinski definition) is 4. The van der Waals surface area contributed by atoms with Crippen molar-refractivity contribution in [2.24, 2.45) is 0 Å². The van der Waals surface area contributed by atoms with Gasteiger partial charge in [0.1, 0.15) is 12.2 Å². The largest absolute Gasteiger partial charge is 0.485 e. The molecule has 0 amide bonds. The number of ketones is 1. The molecule has 0 N–H and O–H groups in total. The van der Waals surface area contributed by atoms with Gasteiger partial charge in [0.2, 0.25) is 0 Å². The minimum atomic E-state index is -0.602. The molecule has 0 saturated carbocycles. The van der Waals surface area contributed by atoms with Crippen molar-refractivity contribution < 1.29 is 19.1 Å². The second-order valence-corrected chi connectivity index (χ2v) is 5.37. The molecule has 0 atom stereocenters. The zero-order valence-corrected chi connectivity index (χ0v) is 12.3.